The zero-order valence-corrected chi connectivity index (χ0v) is 14.1. The van der Waals surface area contributed by atoms with Crippen LogP contribution in [0, 0.1) is 22.7 Å². The largest absolute Gasteiger partial charge is 0.472 e. The highest BCUT2D eigenvalue weighted by Crippen LogP contribution is 2.60. The summed E-state index contributed by atoms with van der Waals surface area (Å²) >= 11 is 0. The Morgan fingerprint density at radius 3 is 2.83 bits per heavy atom. The van der Waals surface area contributed by atoms with Crippen molar-refractivity contribution in [2.75, 3.05) is 0 Å². The van der Waals surface area contributed by atoms with Crippen LogP contribution in [0.4, 0.5) is 0 Å². The Balaban J connectivity index is 1.93. The Labute approximate surface area is 138 Å². The maximum absolute atomic E-state index is 12.1. The maximum Gasteiger partial charge on any atom is 0.146 e. The van der Waals surface area contributed by atoms with Crippen LogP contribution >= 0.6 is 0 Å². The van der Waals surface area contributed by atoms with E-state index < -0.39 is 5.41 Å². The molecule has 23 heavy (non-hydrogen) atoms. The molecule has 124 valence electrons. The van der Waals surface area contributed by atoms with E-state index in [-0.39, 0.29) is 11.3 Å². The summed E-state index contributed by atoms with van der Waals surface area (Å²) in [5.74, 6) is 0.812. The van der Waals surface area contributed by atoms with E-state index in [0.717, 1.165) is 56.7 Å². The second kappa shape index (κ2) is 6.10. The van der Waals surface area contributed by atoms with Gasteiger partial charge in [-0.05, 0) is 67.4 Å². The Morgan fingerprint density at radius 1 is 1.35 bits per heavy atom. The molecule has 2 aliphatic carbocycles. The first-order valence-electron chi connectivity index (χ1n) is 8.70. The van der Waals surface area contributed by atoms with Gasteiger partial charge in [0.25, 0.3) is 0 Å². The van der Waals surface area contributed by atoms with Gasteiger partial charge in [0.1, 0.15) is 12.6 Å². The average Bonchev–Trinajstić information content (AvgIpc) is 3.09. The third-order valence-electron chi connectivity index (χ3n) is 6.76. The van der Waals surface area contributed by atoms with Gasteiger partial charge in [-0.2, -0.15) is 0 Å². The van der Waals surface area contributed by atoms with Crippen molar-refractivity contribution >= 4 is 12.6 Å². The standard InChI is InChI=1S/C20H26O3/c1-15-6-10-20(14-22)17(12-21)4-3-5-18(20)19(15,2)9-7-16-8-11-23-13-16/h4,8,11-15,18H,3,5-7,9-10H2,1-2H3/t15-,18-,19+,20-/m0/s1. The molecular weight excluding hydrogens is 288 g/mol. The molecule has 3 heteroatoms. The van der Waals surface area contributed by atoms with E-state index in [0.29, 0.717) is 5.92 Å². The summed E-state index contributed by atoms with van der Waals surface area (Å²) in [5.41, 5.74) is 1.45. The van der Waals surface area contributed by atoms with Gasteiger partial charge in [0.2, 0.25) is 0 Å². The number of hydrogen-bond donors (Lipinski definition) is 0. The molecule has 0 spiro atoms. The first-order valence-corrected chi connectivity index (χ1v) is 8.70. The van der Waals surface area contributed by atoms with E-state index in [9.17, 15) is 9.59 Å². The maximum atomic E-state index is 12.1. The van der Waals surface area contributed by atoms with Crippen LogP contribution in [0.5, 0.6) is 0 Å². The van der Waals surface area contributed by atoms with Gasteiger partial charge in [-0.1, -0.05) is 19.9 Å². The molecule has 1 fully saturated rings. The van der Waals surface area contributed by atoms with Gasteiger partial charge in [-0.3, -0.25) is 4.79 Å². The van der Waals surface area contributed by atoms with E-state index in [1.807, 2.05) is 12.1 Å². The molecule has 0 N–H and O–H groups in total. The minimum absolute atomic E-state index is 0.0684. The summed E-state index contributed by atoms with van der Waals surface area (Å²) in [4.78, 5) is 23.7. The number of furan rings is 1. The van der Waals surface area contributed by atoms with Crippen LogP contribution in [0.25, 0.3) is 0 Å². The molecule has 3 nitrogen and oxygen atoms in total. The van der Waals surface area contributed by atoms with Gasteiger partial charge in [0, 0.05) is 5.57 Å². The first kappa shape index (κ1) is 16.2. The third-order valence-corrected chi connectivity index (χ3v) is 6.76. The number of aldehydes is 2. The number of fused-ring (bicyclic) bond motifs is 1. The topological polar surface area (TPSA) is 47.3 Å². The van der Waals surface area contributed by atoms with Crippen molar-refractivity contribution in [1.82, 2.24) is 0 Å². The number of aryl methyl sites for hydroxylation is 1. The quantitative estimate of drug-likeness (QED) is 0.758. The van der Waals surface area contributed by atoms with Crippen LogP contribution in [0.2, 0.25) is 0 Å². The highest BCUT2D eigenvalue weighted by atomic mass is 16.3. The van der Waals surface area contributed by atoms with Crippen LogP contribution in [0.15, 0.2) is 34.7 Å². The molecule has 1 aromatic rings. The molecular formula is C20H26O3. The first-order chi connectivity index (χ1) is 11.1. The number of allylic oxidation sites excluding steroid dienone is 2. The third kappa shape index (κ3) is 2.50. The zero-order chi connectivity index (χ0) is 16.5. The summed E-state index contributed by atoms with van der Waals surface area (Å²) in [7, 11) is 0. The molecule has 1 saturated carbocycles. The fourth-order valence-electron chi connectivity index (χ4n) is 5.06. The second-order valence-electron chi connectivity index (χ2n) is 7.64. The van der Waals surface area contributed by atoms with Gasteiger partial charge in [-0.15, -0.1) is 0 Å². The van der Waals surface area contributed by atoms with Gasteiger partial charge >= 0.3 is 0 Å². The van der Waals surface area contributed by atoms with Crippen molar-refractivity contribution in [3.8, 4) is 0 Å². The van der Waals surface area contributed by atoms with Crippen LogP contribution in [0.3, 0.4) is 0 Å². The molecule has 2 aliphatic rings. The molecule has 0 aliphatic heterocycles. The fraction of sp³-hybridized carbons (Fsp3) is 0.600. The van der Waals surface area contributed by atoms with Crippen LogP contribution in [-0.4, -0.2) is 12.6 Å². The van der Waals surface area contributed by atoms with Crippen LogP contribution in [0.1, 0.15) is 51.5 Å². The van der Waals surface area contributed by atoms with Gasteiger partial charge < -0.3 is 9.21 Å². The number of rotatable bonds is 5. The van der Waals surface area contributed by atoms with Crippen molar-refractivity contribution in [2.45, 2.75) is 52.4 Å². The lowest BCUT2D eigenvalue weighted by molar-refractivity contribution is -0.131. The van der Waals surface area contributed by atoms with Crippen LogP contribution < -0.4 is 0 Å². The number of carbonyl (C=O) groups is 2. The van der Waals surface area contributed by atoms with Crippen molar-refractivity contribution in [3.05, 3.63) is 35.8 Å². The van der Waals surface area contributed by atoms with Crippen molar-refractivity contribution < 1.29 is 14.0 Å². The zero-order valence-electron chi connectivity index (χ0n) is 14.1. The summed E-state index contributed by atoms with van der Waals surface area (Å²) in [6.45, 7) is 4.64. The molecule has 1 heterocycles. The lowest BCUT2D eigenvalue weighted by Gasteiger charge is -2.56. The SMILES string of the molecule is C[C@H]1CC[C@]2(C=O)C(C=O)=CCC[C@H]2[C@]1(C)CCc1ccoc1. The Morgan fingerprint density at radius 2 is 2.17 bits per heavy atom. The molecule has 4 atom stereocenters. The smallest absolute Gasteiger partial charge is 0.146 e. The minimum atomic E-state index is -0.558. The Hall–Kier alpha value is -1.64. The lowest BCUT2D eigenvalue weighted by Crippen LogP contribution is -2.52. The summed E-state index contributed by atoms with van der Waals surface area (Å²) in [6, 6.07) is 2.02. The van der Waals surface area contributed by atoms with Gasteiger partial charge in [-0.25, -0.2) is 0 Å². The summed E-state index contributed by atoms with van der Waals surface area (Å²) in [6.07, 6.45) is 13.2. The minimum Gasteiger partial charge on any atom is -0.472 e. The van der Waals surface area contributed by atoms with E-state index in [1.165, 1.54) is 5.56 Å². The van der Waals surface area contributed by atoms with Gasteiger partial charge in [0.15, 0.2) is 0 Å². The highest BCUT2D eigenvalue weighted by molar-refractivity contribution is 5.85. The van der Waals surface area contributed by atoms with Crippen molar-refractivity contribution in [3.63, 3.8) is 0 Å². The molecule has 3 rings (SSSR count). The Bertz CT molecular complexity index is 600. The van der Waals surface area contributed by atoms with E-state index in [1.54, 1.807) is 12.5 Å². The van der Waals surface area contributed by atoms with Crippen LogP contribution in [-0.2, 0) is 16.0 Å². The van der Waals surface area contributed by atoms with Crippen molar-refractivity contribution in [2.24, 2.45) is 22.7 Å². The lowest BCUT2D eigenvalue weighted by atomic mass is 9.46. The predicted molar refractivity (Wildman–Crippen MR) is 88.9 cm³/mol. The second-order valence-corrected chi connectivity index (χ2v) is 7.64. The normalized spacial score (nSPS) is 36.9. The number of hydrogen-bond acceptors (Lipinski definition) is 3. The molecule has 0 saturated heterocycles. The van der Waals surface area contributed by atoms with E-state index >= 15 is 0 Å². The van der Waals surface area contributed by atoms with Gasteiger partial charge in [0.05, 0.1) is 17.9 Å². The summed E-state index contributed by atoms with van der Waals surface area (Å²) < 4.78 is 5.18. The number of carbonyl (C=O) groups excluding carboxylic acids is 2. The van der Waals surface area contributed by atoms with Crippen molar-refractivity contribution in [1.29, 1.82) is 0 Å². The Kier molecular flexibility index (Phi) is 4.31. The molecule has 0 unspecified atom stereocenters. The molecule has 1 aromatic heterocycles. The predicted octanol–water partition coefficient (Wildman–Crippen LogP) is 4.37. The summed E-state index contributed by atoms with van der Waals surface area (Å²) in [5, 5.41) is 0. The molecule has 0 amide bonds. The van der Waals surface area contributed by atoms with E-state index in [4.69, 9.17) is 4.42 Å². The average molecular weight is 314 g/mol. The molecule has 0 aromatic carbocycles. The molecule has 0 radical (unpaired) electrons. The fourth-order valence-corrected chi connectivity index (χ4v) is 5.06. The van der Waals surface area contributed by atoms with E-state index in [2.05, 4.69) is 13.8 Å². The monoisotopic (exact) mass is 314 g/mol. The highest BCUT2D eigenvalue weighted by Gasteiger charge is 2.56. The molecule has 0 bridgehead atoms.